The van der Waals surface area contributed by atoms with Gasteiger partial charge in [0.15, 0.2) is 5.43 Å². The summed E-state index contributed by atoms with van der Waals surface area (Å²) in [7, 11) is 0. The Balaban J connectivity index is 2.33. The van der Waals surface area contributed by atoms with Crippen LogP contribution in [0.2, 0.25) is 0 Å². The molecule has 0 saturated carbocycles. The second-order valence-corrected chi connectivity index (χ2v) is 4.62. The van der Waals surface area contributed by atoms with E-state index in [0.29, 0.717) is 6.54 Å². The summed E-state index contributed by atoms with van der Waals surface area (Å²) in [6, 6.07) is 7.38. The monoisotopic (exact) mass is 257 g/mol. The molecule has 0 fully saturated rings. The molecular formula is C15H15NO3. The molecule has 0 bridgehead atoms. The van der Waals surface area contributed by atoms with Crippen LogP contribution < -0.4 is 5.43 Å². The second kappa shape index (κ2) is 5.10. The number of hydrogen-bond acceptors (Lipinski definition) is 2. The highest BCUT2D eigenvalue weighted by Gasteiger charge is 2.08. The minimum atomic E-state index is -1.19. The molecule has 19 heavy (non-hydrogen) atoms. The van der Waals surface area contributed by atoms with Gasteiger partial charge in [-0.05, 0) is 30.5 Å². The first-order valence-corrected chi connectivity index (χ1v) is 5.97. The van der Waals surface area contributed by atoms with Gasteiger partial charge in [0, 0.05) is 25.0 Å². The van der Waals surface area contributed by atoms with Crippen molar-refractivity contribution in [1.29, 1.82) is 0 Å². The molecule has 0 aliphatic heterocycles. The second-order valence-electron chi connectivity index (χ2n) is 4.62. The van der Waals surface area contributed by atoms with Gasteiger partial charge in [-0.3, -0.25) is 4.79 Å². The Kier molecular flexibility index (Phi) is 3.51. The summed E-state index contributed by atoms with van der Waals surface area (Å²) in [5.41, 5.74) is 2.81. The van der Waals surface area contributed by atoms with Gasteiger partial charge < -0.3 is 9.67 Å². The number of carboxylic acids is 1. The molecule has 0 saturated heterocycles. The van der Waals surface area contributed by atoms with Crippen LogP contribution in [0.1, 0.15) is 27.0 Å². The molecule has 4 nitrogen and oxygen atoms in total. The number of nitrogens with zero attached hydrogens (tertiary/aromatic N) is 1. The van der Waals surface area contributed by atoms with Crippen LogP contribution in [-0.4, -0.2) is 15.6 Å². The third-order valence-corrected chi connectivity index (χ3v) is 3.14. The van der Waals surface area contributed by atoms with Gasteiger partial charge in [-0.1, -0.05) is 18.2 Å². The predicted molar refractivity (Wildman–Crippen MR) is 72.7 cm³/mol. The van der Waals surface area contributed by atoms with Gasteiger partial charge in [0.1, 0.15) is 5.56 Å². The number of aromatic carboxylic acids is 1. The highest BCUT2D eigenvalue weighted by atomic mass is 16.4. The van der Waals surface area contributed by atoms with Crippen LogP contribution in [0, 0.1) is 13.8 Å². The van der Waals surface area contributed by atoms with E-state index in [9.17, 15) is 9.59 Å². The summed E-state index contributed by atoms with van der Waals surface area (Å²) >= 11 is 0. The molecule has 1 aromatic heterocycles. The van der Waals surface area contributed by atoms with E-state index in [1.807, 2.05) is 26.0 Å². The standard InChI is InChI=1S/C15H15NO3/c1-10-3-4-12(7-11(10)2)8-16-6-5-14(17)13(9-16)15(18)19/h3-7,9H,8H2,1-2H3,(H,18,19). The van der Waals surface area contributed by atoms with Gasteiger partial charge in [-0.25, -0.2) is 4.79 Å². The topological polar surface area (TPSA) is 59.3 Å². The van der Waals surface area contributed by atoms with Crippen LogP contribution in [0.15, 0.2) is 41.5 Å². The van der Waals surface area contributed by atoms with Crippen molar-refractivity contribution in [3.8, 4) is 0 Å². The molecule has 2 rings (SSSR count). The van der Waals surface area contributed by atoms with E-state index in [0.717, 1.165) is 5.56 Å². The fourth-order valence-electron chi connectivity index (χ4n) is 1.90. The van der Waals surface area contributed by atoms with Crippen molar-refractivity contribution in [2.45, 2.75) is 20.4 Å². The molecular weight excluding hydrogens is 242 g/mol. The molecule has 0 aliphatic rings. The lowest BCUT2D eigenvalue weighted by molar-refractivity contribution is 0.0694. The molecule has 0 amide bonds. The van der Waals surface area contributed by atoms with Crippen molar-refractivity contribution in [2.75, 3.05) is 0 Å². The van der Waals surface area contributed by atoms with Crippen molar-refractivity contribution < 1.29 is 9.90 Å². The van der Waals surface area contributed by atoms with Crippen molar-refractivity contribution >= 4 is 5.97 Å². The maximum absolute atomic E-state index is 11.4. The van der Waals surface area contributed by atoms with E-state index in [4.69, 9.17) is 5.11 Å². The van der Waals surface area contributed by atoms with E-state index in [1.165, 1.54) is 23.4 Å². The van der Waals surface area contributed by atoms with Crippen LogP contribution in [0.25, 0.3) is 0 Å². The maximum atomic E-state index is 11.4. The number of hydrogen-bond donors (Lipinski definition) is 1. The minimum absolute atomic E-state index is 0.202. The molecule has 0 spiro atoms. The van der Waals surface area contributed by atoms with Crippen LogP contribution >= 0.6 is 0 Å². The lowest BCUT2D eigenvalue weighted by Crippen LogP contribution is -2.16. The van der Waals surface area contributed by atoms with E-state index < -0.39 is 11.4 Å². The van der Waals surface area contributed by atoms with Crippen molar-refractivity contribution in [3.05, 3.63) is 69.1 Å². The molecule has 0 unspecified atom stereocenters. The summed E-state index contributed by atoms with van der Waals surface area (Å²) in [5, 5.41) is 8.92. The van der Waals surface area contributed by atoms with E-state index in [2.05, 4.69) is 6.07 Å². The van der Waals surface area contributed by atoms with Crippen molar-refractivity contribution in [1.82, 2.24) is 4.57 Å². The van der Waals surface area contributed by atoms with Crippen LogP contribution in [0.4, 0.5) is 0 Å². The molecule has 2 aromatic rings. The largest absolute Gasteiger partial charge is 0.477 e. The average Bonchev–Trinajstić information content (AvgIpc) is 2.36. The van der Waals surface area contributed by atoms with Crippen molar-refractivity contribution in [3.63, 3.8) is 0 Å². The molecule has 0 radical (unpaired) electrons. The van der Waals surface area contributed by atoms with Gasteiger partial charge in [-0.2, -0.15) is 0 Å². The first-order chi connectivity index (χ1) is 8.97. The van der Waals surface area contributed by atoms with Gasteiger partial charge >= 0.3 is 5.97 Å². The summed E-state index contributed by atoms with van der Waals surface area (Å²) in [5.74, 6) is -1.19. The first-order valence-electron chi connectivity index (χ1n) is 5.97. The zero-order valence-corrected chi connectivity index (χ0v) is 10.9. The fourth-order valence-corrected chi connectivity index (χ4v) is 1.90. The molecule has 4 heteroatoms. The van der Waals surface area contributed by atoms with Crippen molar-refractivity contribution in [2.24, 2.45) is 0 Å². The minimum Gasteiger partial charge on any atom is -0.477 e. The number of aryl methyl sites for hydroxylation is 2. The van der Waals surface area contributed by atoms with Crippen LogP contribution in [0.5, 0.6) is 0 Å². The Hall–Kier alpha value is -2.36. The molecule has 1 N–H and O–H groups in total. The zero-order valence-electron chi connectivity index (χ0n) is 10.9. The predicted octanol–water partition coefficient (Wildman–Crippen LogP) is 2.21. The summed E-state index contributed by atoms with van der Waals surface area (Å²) in [4.78, 5) is 22.3. The number of benzene rings is 1. The molecule has 0 aliphatic carbocycles. The summed E-state index contributed by atoms with van der Waals surface area (Å²) in [6.45, 7) is 4.62. The quantitative estimate of drug-likeness (QED) is 0.917. The third-order valence-electron chi connectivity index (χ3n) is 3.14. The number of rotatable bonds is 3. The Morgan fingerprint density at radius 3 is 2.58 bits per heavy atom. The third kappa shape index (κ3) is 2.91. The maximum Gasteiger partial charge on any atom is 0.341 e. The fraction of sp³-hybridized carbons (Fsp3) is 0.200. The number of aromatic nitrogens is 1. The highest BCUT2D eigenvalue weighted by molar-refractivity contribution is 5.86. The smallest absolute Gasteiger partial charge is 0.341 e. The summed E-state index contributed by atoms with van der Waals surface area (Å²) < 4.78 is 1.70. The Bertz CT molecular complexity index is 686. The number of carbonyl (C=O) groups is 1. The SMILES string of the molecule is Cc1ccc(Cn2ccc(=O)c(C(=O)O)c2)cc1C. The van der Waals surface area contributed by atoms with E-state index in [-0.39, 0.29) is 5.56 Å². The lowest BCUT2D eigenvalue weighted by Gasteiger charge is -2.09. The Morgan fingerprint density at radius 2 is 1.95 bits per heavy atom. The van der Waals surface area contributed by atoms with Gasteiger partial charge in [0.25, 0.3) is 0 Å². The van der Waals surface area contributed by atoms with Gasteiger partial charge in [0.05, 0.1) is 0 Å². The Labute approximate surface area is 110 Å². The van der Waals surface area contributed by atoms with Crippen LogP contribution in [-0.2, 0) is 6.54 Å². The summed E-state index contributed by atoms with van der Waals surface area (Å²) in [6.07, 6.45) is 2.98. The molecule has 1 aromatic carbocycles. The lowest BCUT2D eigenvalue weighted by atomic mass is 10.1. The zero-order chi connectivity index (χ0) is 14.0. The highest BCUT2D eigenvalue weighted by Crippen LogP contribution is 2.11. The van der Waals surface area contributed by atoms with Gasteiger partial charge in [-0.15, -0.1) is 0 Å². The number of carboxylic acid groups (broad SMARTS) is 1. The van der Waals surface area contributed by atoms with E-state index >= 15 is 0 Å². The van der Waals surface area contributed by atoms with Crippen LogP contribution in [0.3, 0.4) is 0 Å². The number of pyridine rings is 1. The first kappa shape index (κ1) is 13.1. The Morgan fingerprint density at radius 1 is 1.21 bits per heavy atom. The normalized spacial score (nSPS) is 10.4. The van der Waals surface area contributed by atoms with Gasteiger partial charge in [0.2, 0.25) is 0 Å². The molecule has 1 heterocycles. The molecule has 0 atom stereocenters. The average molecular weight is 257 g/mol. The van der Waals surface area contributed by atoms with E-state index in [1.54, 1.807) is 10.8 Å². The molecule has 98 valence electrons.